The molecule has 0 saturated carbocycles. The van der Waals surface area contributed by atoms with E-state index in [9.17, 15) is 29.4 Å². The summed E-state index contributed by atoms with van der Waals surface area (Å²) in [6.45, 7) is 4.67. The molecule has 0 fully saturated rings. The van der Waals surface area contributed by atoms with Crippen molar-refractivity contribution >= 4 is 35.1 Å². The lowest BCUT2D eigenvalue weighted by Gasteiger charge is -2.26. The average molecular weight is 977 g/mol. The van der Waals surface area contributed by atoms with Crippen LogP contribution in [0.25, 0.3) is 0 Å². The molecule has 73 heavy (non-hydrogen) atoms. The highest BCUT2D eigenvalue weighted by Crippen LogP contribution is 2.35. The molecular weight excluding hydrogens is 929 g/mol. The lowest BCUT2D eigenvalue weighted by atomic mass is 9.78. The molecule has 0 unspecified atom stereocenters. The maximum atomic E-state index is 13.2. The van der Waals surface area contributed by atoms with E-state index in [2.05, 4.69) is 24.5 Å². The first-order valence-corrected chi connectivity index (χ1v) is 22.6. The molecule has 0 spiro atoms. The predicted octanol–water partition coefficient (Wildman–Crippen LogP) is 12.3. The van der Waals surface area contributed by atoms with E-state index >= 15 is 0 Å². The van der Waals surface area contributed by atoms with Crippen LogP contribution >= 0.6 is 0 Å². The number of amides is 2. The molecule has 5 N–H and O–H groups in total. The zero-order chi connectivity index (χ0) is 51.7. The van der Waals surface area contributed by atoms with Crippen LogP contribution in [0.5, 0.6) is 46.0 Å². The van der Waals surface area contributed by atoms with Gasteiger partial charge in [-0.1, -0.05) is 80.9 Å². The minimum Gasteiger partial charge on any atom is -0.508 e. The monoisotopic (exact) mass is 976 g/mol. The van der Waals surface area contributed by atoms with Crippen LogP contribution in [0.2, 0.25) is 0 Å². The second-order valence-electron chi connectivity index (χ2n) is 16.4. The molecule has 0 aliphatic carbocycles. The molecule has 0 saturated heterocycles. The van der Waals surface area contributed by atoms with Gasteiger partial charge in [-0.05, 0) is 145 Å². The standard InChI is InChI=1S/C53H42N2O11.C6H6O/c1-4-62-43-26-28-45(47(32-43)51(58)59)49(56)54-36-14-22-41(23-15-36)65-39-18-10-34(11-19-39)53(2,3)35-12-20-40(21-13-35)66-42-24-16-37(17-25-42)55-50(57)46-29-27-44(33-48(46)52(60)61)64-31-30-63-38-8-6-5-7-9-38;7-6-4-2-1-3-5-6/h1,5-29,32-33H,30-31H2,2-3H3,(H,54,56)(H,55,57)(H,58,59)(H,60,61);1-5,7H. The summed E-state index contributed by atoms with van der Waals surface area (Å²) in [7, 11) is 0. The van der Waals surface area contributed by atoms with Gasteiger partial charge in [0.2, 0.25) is 0 Å². The molecule has 0 heterocycles. The zero-order valence-electron chi connectivity index (χ0n) is 39.5. The van der Waals surface area contributed by atoms with Crippen molar-refractivity contribution in [2.45, 2.75) is 19.3 Å². The third kappa shape index (κ3) is 14.1. The fraction of sp³-hybridized carbons (Fsp3) is 0.0847. The number of aromatic hydroxyl groups is 1. The Balaban J connectivity index is 0.00000103. The lowest BCUT2D eigenvalue weighted by Crippen LogP contribution is -2.18. The molecule has 14 nitrogen and oxygen atoms in total. The number of carbonyl (C=O) groups excluding carboxylic acids is 2. The highest BCUT2D eigenvalue weighted by molar-refractivity contribution is 6.11. The number of nitrogens with one attached hydrogen (secondary N) is 2. The van der Waals surface area contributed by atoms with E-state index in [-0.39, 0.29) is 46.6 Å². The quantitative estimate of drug-likeness (QED) is 0.0403. The van der Waals surface area contributed by atoms with Gasteiger partial charge in [0.15, 0.2) is 0 Å². The van der Waals surface area contributed by atoms with Crippen LogP contribution in [-0.2, 0) is 5.41 Å². The molecule has 8 aromatic carbocycles. The fourth-order valence-corrected chi connectivity index (χ4v) is 7.21. The number of benzene rings is 8. The van der Waals surface area contributed by atoms with Gasteiger partial charge in [0.1, 0.15) is 65.3 Å². The van der Waals surface area contributed by atoms with Crippen molar-refractivity contribution in [3.63, 3.8) is 0 Å². The fourth-order valence-electron chi connectivity index (χ4n) is 7.21. The van der Waals surface area contributed by atoms with Gasteiger partial charge in [0, 0.05) is 16.8 Å². The number of carbonyl (C=O) groups is 4. The van der Waals surface area contributed by atoms with Gasteiger partial charge in [-0.15, -0.1) is 0 Å². The van der Waals surface area contributed by atoms with E-state index in [4.69, 9.17) is 35.2 Å². The van der Waals surface area contributed by atoms with Crippen molar-refractivity contribution in [1.29, 1.82) is 0 Å². The molecule has 8 aromatic rings. The number of carboxylic acids is 2. The van der Waals surface area contributed by atoms with Gasteiger partial charge in [-0.25, -0.2) is 9.59 Å². The minimum atomic E-state index is -1.30. The van der Waals surface area contributed by atoms with Gasteiger partial charge < -0.3 is 49.6 Å². The third-order valence-electron chi connectivity index (χ3n) is 11.1. The van der Waals surface area contributed by atoms with Crippen LogP contribution in [0.15, 0.2) is 194 Å². The third-order valence-corrected chi connectivity index (χ3v) is 11.1. The molecule has 0 aliphatic heterocycles. The maximum Gasteiger partial charge on any atom is 0.336 e. The number of hydrogen-bond acceptors (Lipinski definition) is 10. The van der Waals surface area contributed by atoms with Crippen molar-refractivity contribution in [3.8, 4) is 58.5 Å². The SMILES string of the molecule is C#COc1ccc(C(=O)Nc2ccc(Oc3ccc(C(C)(C)c4ccc(Oc5ccc(NC(=O)c6ccc(OCCOc7ccccc7)cc6C(=O)O)cc5)cc4)cc3)cc2)c(C(=O)O)c1.Oc1ccccc1. The first kappa shape index (κ1) is 50.9. The van der Waals surface area contributed by atoms with E-state index in [0.29, 0.717) is 51.6 Å². The van der Waals surface area contributed by atoms with Crippen LogP contribution in [0, 0.1) is 12.5 Å². The molecule has 366 valence electrons. The smallest absolute Gasteiger partial charge is 0.336 e. The number of phenolic OH excluding ortho intramolecular Hbond substituents is 1. The number of para-hydroxylation sites is 2. The number of ether oxygens (including phenoxy) is 5. The molecule has 0 aliphatic rings. The Bertz CT molecular complexity index is 3210. The van der Waals surface area contributed by atoms with Crippen LogP contribution in [0.3, 0.4) is 0 Å². The van der Waals surface area contributed by atoms with Gasteiger partial charge in [-0.2, -0.15) is 0 Å². The van der Waals surface area contributed by atoms with Crippen LogP contribution in [-0.4, -0.2) is 52.3 Å². The Kier molecular flexibility index (Phi) is 16.7. The van der Waals surface area contributed by atoms with E-state index in [1.165, 1.54) is 30.3 Å². The Morgan fingerprint density at radius 1 is 0.466 bits per heavy atom. The summed E-state index contributed by atoms with van der Waals surface area (Å²) in [4.78, 5) is 49.9. The van der Waals surface area contributed by atoms with Crippen LogP contribution in [0.4, 0.5) is 11.4 Å². The van der Waals surface area contributed by atoms with E-state index in [1.54, 1.807) is 78.9 Å². The molecule has 14 heteroatoms. The lowest BCUT2D eigenvalue weighted by molar-refractivity contribution is 0.0683. The maximum absolute atomic E-state index is 13.2. The van der Waals surface area contributed by atoms with Crippen molar-refractivity contribution in [1.82, 2.24) is 0 Å². The number of rotatable bonds is 18. The molecule has 0 atom stereocenters. The second-order valence-corrected chi connectivity index (χ2v) is 16.4. The van der Waals surface area contributed by atoms with Crippen LogP contribution < -0.4 is 34.3 Å². The molecular formula is C59H48N2O12. The van der Waals surface area contributed by atoms with Gasteiger partial charge >= 0.3 is 11.9 Å². The predicted molar refractivity (Wildman–Crippen MR) is 276 cm³/mol. The number of anilines is 2. The number of phenols is 1. The number of hydrogen-bond donors (Lipinski definition) is 5. The largest absolute Gasteiger partial charge is 0.508 e. The summed E-state index contributed by atoms with van der Waals surface area (Å²) < 4.78 is 28.3. The van der Waals surface area contributed by atoms with Crippen molar-refractivity contribution < 1.29 is 58.2 Å². The first-order chi connectivity index (χ1) is 35.2. The highest BCUT2D eigenvalue weighted by atomic mass is 16.5. The molecule has 0 radical (unpaired) electrons. The Hall–Kier alpha value is -10.0. The van der Waals surface area contributed by atoms with Crippen molar-refractivity contribution in [2.75, 3.05) is 23.8 Å². The molecule has 2 amide bonds. The van der Waals surface area contributed by atoms with E-state index < -0.39 is 23.8 Å². The topological polar surface area (TPSA) is 199 Å². The number of terminal acetylenes is 1. The van der Waals surface area contributed by atoms with E-state index in [0.717, 1.165) is 11.1 Å². The molecule has 0 bridgehead atoms. The summed E-state index contributed by atoms with van der Waals surface area (Å²) in [5.74, 6) is -0.0497. The second kappa shape index (κ2) is 24.0. The number of aromatic carboxylic acids is 2. The normalized spacial score (nSPS) is 10.5. The van der Waals surface area contributed by atoms with Gasteiger partial charge in [-0.3, -0.25) is 9.59 Å². The Morgan fingerprint density at radius 3 is 1.23 bits per heavy atom. The summed E-state index contributed by atoms with van der Waals surface area (Å²) in [6.07, 6.45) is 7.10. The zero-order valence-corrected chi connectivity index (χ0v) is 39.5. The molecule has 0 aromatic heterocycles. The first-order valence-electron chi connectivity index (χ1n) is 22.6. The average Bonchev–Trinajstić information content (AvgIpc) is 3.40. The van der Waals surface area contributed by atoms with Gasteiger partial charge in [0.05, 0.1) is 22.3 Å². The highest BCUT2D eigenvalue weighted by Gasteiger charge is 2.24. The summed E-state index contributed by atoms with van der Waals surface area (Å²) in [5.41, 5.74) is 2.07. The van der Waals surface area contributed by atoms with Crippen molar-refractivity contribution in [3.05, 3.63) is 228 Å². The van der Waals surface area contributed by atoms with Crippen molar-refractivity contribution in [2.24, 2.45) is 0 Å². The van der Waals surface area contributed by atoms with E-state index in [1.807, 2.05) is 91.0 Å². The van der Waals surface area contributed by atoms with Crippen LogP contribution in [0.1, 0.15) is 66.4 Å². The summed E-state index contributed by atoms with van der Waals surface area (Å²) in [5, 5.41) is 33.5. The number of carboxylic acid groups (broad SMARTS) is 2. The molecule has 8 rings (SSSR count). The summed E-state index contributed by atoms with van der Waals surface area (Å²) >= 11 is 0. The Morgan fingerprint density at radius 2 is 0.836 bits per heavy atom. The summed E-state index contributed by atoms with van der Waals surface area (Å²) in [6, 6.07) is 55.1. The van der Waals surface area contributed by atoms with Gasteiger partial charge in [0.25, 0.3) is 11.8 Å². The Labute approximate surface area is 421 Å². The minimum absolute atomic E-state index is 0.0193.